The van der Waals surface area contributed by atoms with E-state index in [1.807, 2.05) is 0 Å². The smallest absolute Gasteiger partial charge is 0.0431 e. The largest absolute Gasteiger partial charge is 0.396 e. The number of rotatable bonds is 10. The van der Waals surface area contributed by atoms with E-state index >= 15 is 0 Å². The van der Waals surface area contributed by atoms with Crippen LogP contribution in [-0.4, -0.2) is 11.7 Å². The second kappa shape index (κ2) is 13.4. The van der Waals surface area contributed by atoms with Crippen molar-refractivity contribution in [3.05, 3.63) is 24.3 Å². The predicted octanol–water partition coefficient (Wildman–Crippen LogP) is 4.23. The zero-order valence-electron chi connectivity index (χ0n) is 10.1. The third-order valence-electron chi connectivity index (χ3n) is 2.40. The maximum atomic E-state index is 8.59. The molecule has 15 heavy (non-hydrogen) atoms. The third-order valence-corrected chi connectivity index (χ3v) is 2.40. The van der Waals surface area contributed by atoms with Gasteiger partial charge in [-0.1, -0.05) is 56.9 Å². The number of unbranched alkanes of at least 4 members (excludes halogenated alkanes) is 6. The van der Waals surface area contributed by atoms with Gasteiger partial charge in [-0.3, -0.25) is 0 Å². The van der Waals surface area contributed by atoms with Crippen molar-refractivity contribution in [3.8, 4) is 0 Å². The van der Waals surface area contributed by atoms with Crippen molar-refractivity contribution >= 4 is 0 Å². The van der Waals surface area contributed by atoms with Gasteiger partial charge in [0.2, 0.25) is 0 Å². The number of hydrogen-bond acceptors (Lipinski definition) is 1. The van der Waals surface area contributed by atoms with Gasteiger partial charge in [0, 0.05) is 6.61 Å². The molecular formula is C14H26O. The lowest BCUT2D eigenvalue weighted by Gasteiger charge is -1.98. The Labute approximate surface area is 94.9 Å². The highest BCUT2D eigenvalue weighted by molar-refractivity contribution is 5.01. The molecule has 1 nitrogen and oxygen atoms in total. The lowest BCUT2D eigenvalue weighted by molar-refractivity contribution is 0.282. The first-order valence-electron chi connectivity index (χ1n) is 6.34. The fraction of sp³-hybridized carbons (Fsp3) is 0.714. The van der Waals surface area contributed by atoms with E-state index in [1.165, 1.54) is 38.5 Å². The molecule has 0 radical (unpaired) electrons. The van der Waals surface area contributed by atoms with Crippen LogP contribution in [-0.2, 0) is 0 Å². The minimum atomic E-state index is 0.354. The lowest BCUT2D eigenvalue weighted by Crippen LogP contribution is -1.83. The van der Waals surface area contributed by atoms with Gasteiger partial charge < -0.3 is 5.11 Å². The zero-order valence-corrected chi connectivity index (χ0v) is 10.1. The molecule has 0 amide bonds. The van der Waals surface area contributed by atoms with Crippen LogP contribution in [0.3, 0.4) is 0 Å². The summed E-state index contributed by atoms with van der Waals surface area (Å²) in [6.45, 7) is 2.50. The van der Waals surface area contributed by atoms with Gasteiger partial charge in [-0.05, 0) is 25.7 Å². The SMILES string of the molecule is CCC=C/C=C/CCCCCCCCO. The van der Waals surface area contributed by atoms with Gasteiger partial charge in [0.25, 0.3) is 0 Å². The molecule has 88 valence electrons. The molecule has 0 saturated heterocycles. The summed E-state index contributed by atoms with van der Waals surface area (Å²) in [5, 5.41) is 8.59. The first kappa shape index (κ1) is 14.4. The van der Waals surface area contributed by atoms with Crippen LogP contribution in [0.25, 0.3) is 0 Å². The van der Waals surface area contributed by atoms with Crippen molar-refractivity contribution in [3.63, 3.8) is 0 Å². The molecule has 1 N–H and O–H groups in total. The highest BCUT2D eigenvalue weighted by Gasteiger charge is 1.89. The summed E-state index contributed by atoms with van der Waals surface area (Å²) in [6, 6.07) is 0. The topological polar surface area (TPSA) is 20.2 Å². The number of hydrogen-bond donors (Lipinski definition) is 1. The number of aliphatic hydroxyl groups is 1. The molecule has 0 saturated carbocycles. The van der Waals surface area contributed by atoms with E-state index in [0.29, 0.717) is 6.61 Å². The van der Waals surface area contributed by atoms with Gasteiger partial charge in [-0.2, -0.15) is 0 Å². The van der Waals surface area contributed by atoms with Crippen molar-refractivity contribution in [2.24, 2.45) is 0 Å². The summed E-state index contributed by atoms with van der Waals surface area (Å²) < 4.78 is 0. The van der Waals surface area contributed by atoms with Crippen molar-refractivity contribution in [1.29, 1.82) is 0 Å². The van der Waals surface area contributed by atoms with Crippen LogP contribution in [0.5, 0.6) is 0 Å². The molecule has 0 spiro atoms. The minimum absolute atomic E-state index is 0.354. The summed E-state index contributed by atoms with van der Waals surface area (Å²) in [6.07, 6.45) is 18.4. The van der Waals surface area contributed by atoms with Gasteiger partial charge in [-0.15, -0.1) is 0 Å². The van der Waals surface area contributed by atoms with Crippen LogP contribution >= 0.6 is 0 Å². The van der Waals surface area contributed by atoms with Crippen molar-refractivity contribution in [2.75, 3.05) is 6.61 Å². The van der Waals surface area contributed by atoms with E-state index in [2.05, 4.69) is 31.2 Å². The van der Waals surface area contributed by atoms with Gasteiger partial charge in [0.15, 0.2) is 0 Å². The van der Waals surface area contributed by atoms with E-state index < -0.39 is 0 Å². The Morgan fingerprint density at radius 3 is 2.07 bits per heavy atom. The molecule has 1 heteroatoms. The van der Waals surface area contributed by atoms with Crippen LogP contribution in [0.2, 0.25) is 0 Å². The molecule has 0 aliphatic heterocycles. The van der Waals surface area contributed by atoms with Crippen LogP contribution in [0.15, 0.2) is 24.3 Å². The fourth-order valence-electron chi connectivity index (χ4n) is 1.47. The van der Waals surface area contributed by atoms with Crippen molar-refractivity contribution < 1.29 is 5.11 Å². The molecular weight excluding hydrogens is 184 g/mol. The zero-order chi connectivity index (χ0) is 11.2. The third kappa shape index (κ3) is 13.4. The maximum Gasteiger partial charge on any atom is 0.0431 e. The second-order valence-corrected chi connectivity index (χ2v) is 3.90. The highest BCUT2D eigenvalue weighted by atomic mass is 16.2. The molecule has 0 heterocycles. The van der Waals surface area contributed by atoms with Crippen LogP contribution in [0.1, 0.15) is 58.3 Å². The average molecular weight is 210 g/mol. The molecule has 0 fully saturated rings. The van der Waals surface area contributed by atoms with Gasteiger partial charge in [0.1, 0.15) is 0 Å². The quantitative estimate of drug-likeness (QED) is 0.422. The summed E-state index contributed by atoms with van der Waals surface area (Å²) in [4.78, 5) is 0. The predicted molar refractivity (Wildman–Crippen MR) is 68.0 cm³/mol. The molecule has 0 bridgehead atoms. The summed E-state index contributed by atoms with van der Waals surface area (Å²) in [7, 11) is 0. The maximum absolute atomic E-state index is 8.59. The van der Waals surface area contributed by atoms with E-state index in [9.17, 15) is 0 Å². The summed E-state index contributed by atoms with van der Waals surface area (Å²) >= 11 is 0. The fourth-order valence-corrected chi connectivity index (χ4v) is 1.47. The van der Waals surface area contributed by atoms with Gasteiger partial charge in [-0.25, -0.2) is 0 Å². The second-order valence-electron chi connectivity index (χ2n) is 3.90. The molecule has 0 aromatic heterocycles. The van der Waals surface area contributed by atoms with Crippen molar-refractivity contribution in [2.45, 2.75) is 58.3 Å². The first-order chi connectivity index (χ1) is 7.41. The standard InChI is InChI=1S/C14H26O/c1-2-3-4-5-6-7-8-9-10-11-12-13-14-15/h3-6,15H,2,7-14H2,1H3/b4-3?,6-5+. The summed E-state index contributed by atoms with van der Waals surface area (Å²) in [5.41, 5.74) is 0. The van der Waals surface area contributed by atoms with E-state index in [-0.39, 0.29) is 0 Å². The number of aliphatic hydroxyl groups excluding tert-OH is 1. The Balaban J connectivity index is 3.04. The van der Waals surface area contributed by atoms with Crippen LogP contribution in [0, 0.1) is 0 Å². The molecule has 0 unspecified atom stereocenters. The normalized spacial score (nSPS) is 11.9. The average Bonchev–Trinajstić information content (AvgIpc) is 2.26. The Kier molecular flexibility index (Phi) is 12.9. The summed E-state index contributed by atoms with van der Waals surface area (Å²) in [5.74, 6) is 0. The molecule has 0 aliphatic rings. The minimum Gasteiger partial charge on any atom is -0.396 e. The highest BCUT2D eigenvalue weighted by Crippen LogP contribution is 2.07. The molecule has 0 aromatic carbocycles. The Hall–Kier alpha value is -0.560. The van der Waals surface area contributed by atoms with E-state index in [4.69, 9.17) is 5.11 Å². The molecule has 0 aromatic rings. The first-order valence-corrected chi connectivity index (χ1v) is 6.34. The van der Waals surface area contributed by atoms with Gasteiger partial charge >= 0.3 is 0 Å². The van der Waals surface area contributed by atoms with Gasteiger partial charge in [0.05, 0.1) is 0 Å². The molecule has 0 atom stereocenters. The molecule has 0 aliphatic carbocycles. The van der Waals surface area contributed by atoms with E-state index in [1.54, 1.807) is 0 Å². The van der Waals surface area contributed by atoms with E-state index in [0.717, 1.165) is 12.8 Å². The lowest BCUT2D eigenvalue weighted by atomic mass is 10.1. The monoisotopic (exact) mass is 210 g/mol. The molecule has 0 rings (SSSR count). The Morgan fingerprint density at radius 1 is 0.800 bits per heavy atom. The number of allylic oxidation sites excluding steroid dienone is 4. The Bertz CT molecular complexity index is 159. The van der Waals surface area contributed by atoms with Crippen LogP contribution in [0.4, 0.5) is 0 Å². The van der Waals surface area contributed by atoms with Crippen molar-refractivity contribution in [1.82, 2.24) is 0 Å². The Morgan fingerprint density at radius 2 is 1.40 bits per heavy atom. The van der Waals surface area contributed by atoms with Crippen LogP contribution < -0.4 is 0 Å².